The van der Waals surface area contributed by atoms with E-state index in [0.29, 0.717) is 30.4 Å². The lowest BCUT2D eigenvalue weighted by Gasteiger charge is -2.27. The first kappa shape index (κ1) is 16.1. The molecule has 0 bridgehead atoms. The van der Waals surface area contributed by atoms with Crippen LogP contribution in [0.3, 0.4) is 0 Å². The van der Waals surface area contributed by atoms with Crippen LogP contribution in [0.1, 0.15) is 50.0 Å². The smallest absolute Gasteiger partial charge is 0.196 e. The van der Waals surface area contributed by atoms with Crippen LogP contribution in [0, 0.1) is 0 Å². The second-order valence-corrected chi connectivity index (χ2v) is 6.32. The van der Waals surface area contributed by atoms with Gasteiger partial charge in [-0.05, 0) is 44.5 Å². The van der Waals surface area contributed by atoms with Crippen molar-refractivity contribution >= 4 is 11.0 Å². The topological polar surface area (TPSA) is 53.7 Å². The summed E-state index contributed by atoms with van der Waals surface area (Å²) >= 11 is 0. The summed E-state index contributed by atoms with van der Waals surface area (Å²) in [4.78, 5) is 15.1. The van der Waals surface area contributed by atoms with Crippen LogP contribution >= 0.6 is 0 Å². The monoisotopic (exact) mass is 315 g/mol. The fourth-order valence-electron chi connectivity index (χ4n) is 3.52. The molecule has 23 heavy (non-hydrogen) atoms. The quantitative estimate of drug-likeness (QED) is 0.936. The van der Waals surface area contributed by atoms with Crippen molar-refractivity contribution in [2.75, 3.05) is 13.1 Å². The van der Waals surface area contributed by atoms with Crippen LogP contribution in [0.15, 0.2) is 21.3 Å². The number of fused-ring (bicyclic) bond motifs is 1. The number of piperidine rings is 1. The first-order valence-corrected chi connectivity index (χ1v) is 8.67. The van der Waals surface area contributed by atoms with E-state index in [0.717, 1.165) is 30.0 Å². The van der Waals surface area contributed by atoms with Gasteiger partial charge in [0.25, 0.3) is 0 Å². The summed E-state index contributed by atoms with van der Waals surface area (Å²) in [5, 5.41) is 10.9. The molecule has 0 spiro atoms. The van der Waals surface area contributed by atoms with Crippen LogP contribution < -0.4 is 5.43 Å². The molecule has 124 valence electrons. The van der Waals surface area contributed by atoms with Crippen molar-refractivity contribution < 1.29 is 9.52 Å². The van der Waals surface area contributed by atoms with Crippen LogP contribution in [-0.2, 0) is 19.4 Å². The molecule has 0 aliphatic carbocycles. The van der Waals surface area contributed by atoms with Crippen LogP contribution in [0.2, 0.25) is 0 Å². The van der Waals surface area contributed by atoms with Gasteiger partial charge in [0.05, 0.1) is 10.9 Å². The van der Waals surface area contributed by atoms with Gasteiger partial charge in [0.15, 0.2) is 5.43 Å². The molecule has 4 heteroatoms. The van der Waals surface area contributed by atoms with Crippen molar-refractivity contribution in [1.29, 1.82) is 0 Å². The minimum atomic E-state index is 0.0468. The Morgan fingerprint density at radius 3 is 2.48 bits per heavy atom. The Labute approximate surface area is 136 Å². The van der Waals surface area contributed by atoms with Gasteiger partial charge in [-0.1, -0.05) is 20.3 Å². The summed E-state index contributed by atoms with van der Waals surface area (Å²) in [5.74, 6) is 0.966. The lowest BCUT2D eigenvalue weighted by Crippen LogP contribution is -2.29. The summed E-state index contributed by atoms with van der Waals surface area (Å²) in [7, 11) is 0. The molecule has 1 aromatic carbocycles. The molecule has 1 aliphatic rings. The Kier molecular flexibility index (Phi) is 4.71. The van der Waals surface area contributed by atoms with Crippen LogP contribution in [-0.4, -0.2) is 23.1 Å². The minimum absolute atomic E-state index is 0.0468. The number of phenolic OH excluding ortho intramolecular Hbond substituents is 1. The zero-order valence-electron chi connectivity index (χ0n) is 14.0. The molecular weight excluding hydrogens is 290 g/mol. The fraction of sp³-hybridized carbons (Fsp3) is 0.526. The van der Waals surface area contributed by atoms with Gasteiger partial charge in [0, 0.05) is 18.5 Å². The average Bonchev–Trinajstić information content (AvgIpc) is 2.58. The summed E-state index contributed by atoms with van der Waals surface area (Å²) in [6.45, 7) is 6.69. The third-order valence-corrected chi connectivity index (χ3v) is 4.82. The van der Waals surface area contributed by atoms with Crippen LogP contribution in [0.25, 0.3) is 11.0 Å². The minimum Gasteiger partial charge on any atom is -0.507 e. The fourth-order valence-corrected chi connectivity index (χ4v) is 3.52. The van der Waals surface area contributed by atoms with E-state index in [4.69, 9.17) is 4.42 Å². The Morgan fingerprint density at radius 1 is 1.09 bits per heavy atom. The summed E-state index contributed by atoms with van der Waals surface area (Å²) in [6, 6.07) is 3.32. The van der Waals surface area contributed by atoms with Gasteiger partial charge >= 0.3 is 0 Å². The van der Waals surface area contributed by atoms with Crippen molar-refractivity contribution in [3.8, 4) is 5.75 Å². The van der Waals surface area contributed by atoms with Crippen LogP contribution in [0.4, 0.5) is 0 Å². The number of rotatable bonds is 4. The predicted octanol–water partition coefficient (Wildman–Crippen LogP) is 3.61. The normalized spacial score (nSPS) is 16.1. The highest BCUT2D eigenvalue weighted by atomic mass is 16.3. The van der Waals surface area contributed by atoms with E-state index in [2.05, 4.69) is 4.90 Å². The van der Waals surface area contributed by atoms with E-state index < -0.39 is 0 Å². The molecule has 2 heterocycles. The predicted molar refractivity (Wildman–Crippen MR) is 92.0 cm³/mol. The first-order chi connectivity index (χ1) is 11.2. The van der Waals surface area contributed by atoms with E-state index in [1.54, 1.807) is 12.1 Å². The molecule has 3 rings (SSSR count). The van der Waals surface area contributed by atoms with E-state index in [9.17, 15) is 9.90 Å². The Bertz CT molecular complexity index is 757. The number of hydrogen-bond donors (Lipinski definition) is 1. The molecule has 0 atom stereocenters. The summed E-state index contributed by atoms with van der Waals surface area (Å²) in [5.41, 5.74) is 2.12. The molecule has 0 saturated carbocycles. The van der Waals surface area contributed by atoms with E-state index in [1.807, 2.05) is 13.8 Å². The van der Waals surface area contributed by atoms with Gasteiger partial charge in [0.1, 0.15) is 17.1 Å². The molecule has 1 saturated heterocycles. The second kappa shape index (κ2) is 6.75. The number of hydrogen-bond acceptors (Lipinski definition) is 4. The number of phenols is 1. The van der Waals surface area contributed by atoms with Gasteiger partial charge in [-0.25, -0.2) is 0 Å². The number of nitrogens with zero attached hydrogens (tertiary/aromatic N) is 1. The Balaban J connectivity index is 2.14. The van der Waals surface area contributed by atoms with E-state index in [-0.39, 0.29) is 11.2 Å². The Morgan fingerprint density at radius 2 is 1.83 bits per heavy atom. The highest BCUT2D eigenvalue weighted by Gasteiger charge is 2.19. The molecule has 4 nitrogen and oxygen atoms in total. The number of benzene rings is 1. The summed E-state index contributed by atoms with van der Waals surface area (Å²) in [6.07, 6.45) is 5.01. The van der Waals surface area contributed by atoms with E-state index in [1.165, 1.54) is 19.3 Å². The maximum atomic E-state index is 12.7. The van der Waals surface area contributed by atoms with Gasteiger partial charge in [-0.15, -0.1) is 0 Å². The second-order valence-electron chi connectivity index (χ2n) is 6.32. The molecule has 1 N–H and O–H groups in total. The third kappa shape index (κ3) is 3.00. The van der Waals surface area contributed by atoms with Gasteiger partial charge in [-0.3, -0.25) is 9.69 Å². The van der Waals surface area contributed by atoms with Crippen molar-refractivity contribution in [1.82, 2.24) is 4.90 Å². The van der Waals surface area contributed by atoms with Crippen molar-refractivity contribution in [3.05, 3.63) is 39.2 Å². The summed E-state index contributed by atoms with van der Waals surface area (Å²) < 4.78 is 6.08. The standard InChI is InChI=1S/C19H25NO3/c1-3-13-17(4-2)23-19-14(18(13)22)8-9-16(21)15(19)12-20-10-6-5-7-11-20/h8-9,21H,3-7,10-12H2,1-2H3. The maximum absolute atomic E-state index is 12.7. The highest BCUT2D eigenvalue weighted by molar-refractivity contribution is 5.82. The molecule has 0 unspecified atom stereocenters. The van der Waals surface area contributed by atoms with Gasteiger partial charge < -0.3 is 9.52 Å². The van der Waals surface area contributed by atoms with Crippen molar-refractivity contribution in [3.63, 3.8) is 0 Å². The Hall–Kier alpha value is -1.81. The molecule has 1 aliphatic heterocycles. The van der Waals surface area contributed by atoms with Gasteiger partial charge in [-0.2, -0.15) is 0 Å². The molecular formula is C19H25NO3. The third-order valence-electron chi connectivity index (χ3n) is 4.82. The zero-order valence-corrected chi connectivity index (χ0v) is 14.0. The van der Waals surface area contributed by atoms with Gasteiger partial charge in [0.2, 0.25) is 0 Å². The first-order valence-electron chi connectivity index (χ1n) is 8.67. The number of aromatic hydroxyl groups is 1. The zero-order chi connectivity index (χ0) is 16.4. The molecule has 1 aromatic heterocycles. The number of aryl methyl sites for hydroxylation is 1. The lowest BCUT2D eigenvalue weighted by atomic mass is 10.0. The van der Waals surface area contributed by atoms with Crippen LogP contribution in [0.5, 0.6) is 5.75 Å². The molecule has 1 fully saturated rings. The average molecular weight is 315 g/mol. The van der Waals surface area contributed by atoms with Crippen molar-refractivity contribution in [2.24, 2.45) is 0 Å². The largest absolute Gasteiger partial charge is 0.507 e. The molecule has 0 amide bonds. The van der Waals surface area contributed by atoms with Crippen molar-refractivity contribution in [2.45, 2.75) is 52.5 Å². The maximum Gasteiger partial charge on any atom is 0.196 e. The molecule has 0 radical (unpaired) electrons. The highest BCUT2D eigenvalue weighted by Crippen LogP contribution is 2.29. The SMILES string of the molecule is CCc1oc2c(CN3CCCCC3)c(O)ccc2c(=O)c1CC. The molecule has 2 aromatic rings. The van der Waals surface area contributed by atoms with E-state index >= 15 is 0 Å². The lowest BCUT2D eigenvalue weighted by molar-refractivity contribution is 0.218. The number of likely N-dealkylation sites (tertiary alicyclic amines) is 1.